The Morgan fingerprint density at radius 3 is 2.82 bits per heavy atom. The maximum absolute atomic E-state index is 13.5. The lowest BCUT2D eigenvalue weighted by Crippen LogP contribution is -2.26. The average Bonchev–Trinajstić information content (AvgIpc) is 2.78. The zero-order valence-corrected chi connectivity index (χ0v) is 10.3. The van der Waals surface area contributed by atoms with Crippen LogP contribution < -0.4 is 0 Å². The number of hydrogen-bond donors (Lipinski definition) is 1. The van der Waals surface area contributed by atoms with Gasteiger partial charge in [0.15, 0.2) is 0 Å². The summed E-state index contributed by atoms with van der Waals surface area (Å²) >= 11 is 5.95. The number of nitrogens with one attached hydrogen (secondary N) is 1. The van der Waals surface area contributed by atoms with Gasteiger partial charge in [-0.2, -0.15) is 0 Å². The molecule has 0 unspecified atom stereocenters. The van der Waals surface area contributed by atoms with E-state index in [1.807, 2.05) is 6.92 Å². The lowest BCUT2D eigenvalue weighted by molar-refractivity contribution is 0.0797. The standard InChI is InChI=1S/C12H12ClFN2O/c1-3-16(2)12(17)10-6-7-8(13)4-5-9(14)11(7)15-10/h4-6,15H,3H2,1-2H3. The highest BCUT2D eigenvalue weighted by atomic mass is 35.5. The number of hydrogen-bond acceptors (Lipinski definition) is 1. The first-order valence-corrected chi connectivity index (χ1v) is 5.64. The Labute approximate surface area is 103 Å². The lowest BCUT2D eigenvalue weighted by Gasteiger charge is -2.12. The number of carbonyl (C=O) groups excluding carboxylic acids is 1. The van der Waals surface area contributed by atoms with E-state index in [9.17, 15) is 9.18 Å². The molecule has 1 amide bonds. The number of amides is 1. The summed E-state index contributed by atoms with van der Waals surface area (Å²) in [6.07, 6.45) is 0. The molecule has 0 saturated carbocycles. The molecule has 17 heavy (non-hydrogen) atoms. The number of rotatable bonds is 2. The van der Waals surface area contributed by atoms with Crippen molar-refractivity contribution in [3.63, 3.8) is 0 Å². The van der Waals surface area contributed by atoms with Gasteiger partial charge < -0.3 is 9.88 Å². The van der Waals surface area contributed by atoms with E-state index in [2.05, 4.69) is 4.98 Å². The highest BCUT2D eigenvalue weighted by molar-refractivity contribution is 6.35. The number of aromatic amines is 1. The van der Waals surface area contributed by atoms with Gasteiger partial charge in [0.1, 0.15) is 11.5 Å². The Bertz CT molecular complexity index is 540. The van der Waals surface area contributed by atoms with Crippen molar-refractivity contribution in [1.29, 1.82) is 0 Å². The summed E-state index contributed by atoms with van der Waals surface area (Å²) in [7, 11) is 1.69. The van der Waals surface area contributed by atoms with Crippen LogP contribution in [0.25, 0.3) is 10.9 Å². The van der Waals surface area contributed by atoms with Gasteiger partial charge in [-0.25, -0.2) is 4.39 Å². The molecule has 2 rings (SSSR count). The van der Waals surface area contributed by atoms with Crippen molar-refractivity contribution in [1.82, 2.24) is 9.88 Å². The van der Waals surface area contributed by atoms with Crippen molar-refractivity contribution in [3.05, 3.63) is 34.7 Å². The Morgan fingerprint density at radius 2 is 2.24 bits per heavy atom. The van der Waals surface area contributed by atoms with E-state index in [0.717, 1.165) is 0 Å². The second-order valence-electron chi connectivity index (χ2n) is 3.82. The highest BCUT2D eigenvalue weighted by Crippen LogP contribution is 2.26. The maximum Gasteiger partial charge on any atom is 0.270 e. The van der Waals surface area contributed by atoms with Crippen LogP contribution in [0.3, 0.4) is 0 Å². The number of aromatic nitrogens is 1. The van der Waals surface area contributed by atoms with Crippen molar-refractivity contribution in [2.45, 2.75) is 6.92 Å². The molecule has 1 heterocycles. The molecule has 0 aliphatic carbocycles. The van der Waals surface area contributed by atoms with Crippen LogP contribution in [0.5, 0.6) is 0 Å². The largest absolute Gasteiger partial charge is 0.348 e. The van der Waals surface area contributed by atoms with Crippen molar-refractivity contribution in [3.8, 4) is 0 Å². The molecule has 1 aromatic heterocycles. The van der Waals surface area contributed by atoms with E-state index < -0.39 is 5.82 Å². The van der Waals surface area contributed by atoms with Gasteiger partial charge in [0, 0.05) is 19.0 Å². The summed E-state index contributed by atoms with van der Waals surface area (Å²) in [5, 5.41) is 0.954. The van der Waals surface area contributed by atoms with Gasteiger partial charge in [-0.05, 0) is 25.1 Å². The third-order valence-corrected chi connectivity index (χ3v) is 3.07. The smallest absolute Gasteiger partial charge is 0.270 e. The fourth-order valence-corrected chi connectivity index (χ4v) is 1.83. The van der Waals surface area contributed by atoms with Gasteiger partial charge in [0.05, 0.1) is 10.5 Å². The molecule has 90 valence electrons. The molecule has 3 nitrogen and oxygen atoms in total. The van der Waals surface area contributed by atoms with Crippen molar-refractivity contribution in [2.24, 2.45) is 0 Å². The van der Waals surface area contributed by atoms with Crippen LogP contribution in [0.1, 0.15) is 17.4 Å². The summed E-state index contributed by atoms with van der Waals surface area (Å²) < 4.78 is 13.5. The van der Waals surface area contributed by atoms with Crippen LogP contribution in [0.2, 0.25) is 5.02 Å². The number of carbonyl (C=O) groups is 1. The fraction of sp³-hybridized carbons (Fsp3) is 0.250. The molecule has 0 radical (unpaired) electrons. The lowest BCUT2D eigenvalue weighted by atomic mass is 10.2. The van der Waals surface area contributed by atoms with Crippen LogP contribution in [-0.2, 0) is 0 Å². The molecule has 5 heteroatoms. The van der Waals surface area contributed by atoms with Crippen molar-refractivity contribution in [2.75, 3.05) is 13.6 Å². The van der Waals surface area contributed by atoms with E-state index in [1.54, 1.807) is 13.1 Å². The molecule has 0 aliphatic rings. The van der Waals surface area contributed by atoms with Crippen LogP contribution in [0.15, 0.2) is 18.2 Å². The molecule has 0 fully saturated rings. The van der Waals surface area contributed by atoms with Crippen molar-refractivity contribution < 1.29 is 9.18 Å². The van der Waals surface area contributed by atoms with Crippen molar-refractivity contribution >= 4 is 28.4 Å². The van der Waals surface area contributed by atoms with E-state index in [0.29, 0.717) is 22.6 Å². The predicted octanol–water partition coefficient (Wildman–Crippen LogP) is 3.05. The molecular weight excluding hydrogens is 243 g/mol. The Hall–Kier alpha value is -1.55. The molecular formula is C12H12ClFN2O. The first-order chi connectivity index (χ1) is 8.04. The highest BCUT2D eigenvalue weighted by Gasteiger charge is 2.15. The quantitative estimate of drug-likeness (QED) is 0.879. The third kappa shape index (κ3) is 2.00. The zero-order chi connectivity index (χ0) is 12.6. The number of halogens is 2. The topological polar surface area (TPSA) is 36.1 Å². The predicted molar refractivity (Wildman–Crippen MR) is 65.9 cm³/mol. The van der Waals surface area contributed by atoms with Gasteiger partial charge in [-0.1, -0.05) is 11.6 Å². The van der Waals surface area contributed by atoms with E-state index in [1.165, 1.54) is 17.0 Å². The van der Waals surface area contributed by atoms with Crippen LogP contribution in [-0.4, -0.2) is 29.4 Å². The minimum Gasteiger partial charge on any atom is -0.348 e. The van der Waals surface area contributed by atoms with Gasteiger partial charge in [-0.15, -0.1) is 0 Å². The van der Waals surface area contributed by atoms with Gasteiger partial charge in [0.2, 0.25) is 0 Å². The van der Waals surface area contributed by atoms with Gasteiger partial charge in [0.25, 0.3) is 5.91 Å². The molecule has 2 aromatic rings. The minimum absolute atomic E-state index is 0.181. The zero-order valence-electron chi connectivity index (χ0n) is 9.55. The SMILES string of the molecule is CCN(C)C(=O)c1cc2c(Cl)ccc(F)c2[nH]1. The van der Waals surface area contributed by atoms with Crippen LogP contribution in [0, 0.1) is 5.82 Å². The molecule has 0 bridgehead atoms. The van der Waals surface area contributed by atoms with E-state index >= 15 is 0 Å². The summed E-state index contributed by atoms with van der Waals surface area (Å²) in [4.78, 5) is 16.2. The minimum atomic E-state index is -0.414. The number of nitrogens with zero attached hydrogens (tertiary/aromatic N) is 1. The summed E-state index contributed by atoms with van der Waals surface area (Å²) in [6.45, 7) is 2.46. The number of benzene rings is 1. The van der Waals surface area contributed by atoms with E-state index in [-0.39, 0.29) is 11.4 Å². The van der Waals surface area contributed by atoms with E-state index in [4.69, 9.17) is 11.6 Å². The third-order valence-electron chi connectivity index (χ3n) is 2.74. The maximum atomic E-state index is 13.5. The first kappa shape index (κ1) is 11.9. The summed E-state index contributed by atoms with van der Waals surface area (Å²) in [5.41, 5.74) is 0.613. The Balaban J connectivity index is 2.55. The fourth-order valence-electron chi connectivity index (χ4n) is 1.62. The molecule has 0 saturated heterocycles. The summed E-state index contributed by atoms with van der Waals surface area (Å²) in [5.74, 6) is -0.596. The second kappa shape index (κ2) is 4.37. The Kier molecular flexibility index (Phi) is 3.07. The molecule has 0 atom stereocenters. The summed E-state index contributed by atoms with van der Waals surface area (Å²) in [6, 6.07) is 4.33. The average molecular weight is 255 g/mol. The number of fused-ring (bicyclic) bond motifs is 1. The van der Waals surface area contributed by atoms with Gasteiger partial charge >= 0.3 is 0 Å². The Morgan fingerprint density at radius 1 is 1.53 bits per heavy atom. The molecule has 0 aliphatic heterocycles. The first-order valence-electron chi connectivity index (χ1n) is 5.26. The van der Waals surface area contributed by atoms with Crippen LogP contribution in [0.4, 0.5) is 4.39 Å². The molecule has 1 aromatic carbocycles. The van der Waals surface area contributed by atoms with Crippen LogP contribution >= 0.6 is 11.6 Å². The number of H-pyrrole nitrogens is 1. The second-order valence-corrected chi connectivity index (χ2v) is 4.23. The van der Waals surface area contributed by atoms with Gasteiger partial charge in [-0.3, -0.25) is 4.79 Å². The monoisotopic (exact) mass is 254 g/mol. The molecule has 0 spiro atoms. The molecule has 1 N–H and O–H groups in total. The normalized spacial score (nSPS) is 10.8.